The minimum atomic E-state index is -0.960. The number of rotatable bonds is 5. The van der Waals surface area contributed by atoms with Crippen LogP contribution in [0.1, 0.15) is 10.4 Å². The highest BCUT2D eigenvalue weighted by molar-refractivity contribution is 6.42. The average molecular weight is 404 g/mol. The van der Waals surface area contributed by atoms with Crippen LogP contribution in [0, 0.1) is 10.1 Å². The largest absolute Gasteiger partial charge is 0.452 e. The Kier molecular flexibility index (Phi) is 6.19. The van der Waals surface area contributed by atoms with Crippen molar-refractivity contribution in [3.63, 3.8) is 0 Å². The molecule has 0 saturated heterocycles. The standard InChI is InChI=1S/C15H9Cl3N2O5/c16-11-4-2-9(20(23)24)6-10(11)15(22)25-7-14(21)19-8-1-3-12(17)13(18)5-8/h1-6H,7H2,(H,19,21). The Balaban J connectivity index is 1.99. The number of esters is 1. The predicted molar refractivity (Wildman–Crippen MR) is 93.5 cm³/mol. The number of carbonyl (C=O) groups is 2. The third-order valence-electron chi connectivity index (χ3n) is 2.92. The quantitative estimate of drug-likeness (QED) is 0.454. The van der Waals surface area contributed by atoms with Crippen molar-refractivity contribution in [3.05, 3.63) is 67.1 Å². The Bertz CT molecular complexity index is 857. The van der Waals surface area contributed by atoms with Crippen molar-refractivity contribution in [2.24, 2.45) is 0 Å². The van der Waals surface area contributed by atoms with E-state index in [1.165, 1.54) is 24.3 Å². The molecule has 0 aliphatic carbocycles. The van der Waals surface area contributed by atoms with E-state index in [4.69, 9.17) is 39.5 Å². The van der Waals surface area contributed by atoms with E-state index in [-0.39, 0.29) is 21.3 Å². The van der Waals surface area contributed by atoms with E-state index in [2.05, 4.69) is 5.32 Å². The number of non-ortho nitro benzene ring substituents is 1. The summed E-state index contributed by atoms with van der Waals surface area (Å²) in [5.41, 5.74) is -0.168. The van der Waals surface area contributed by atoms with Crippen LogP contribution in [0.4, 0.5) is 11.4 Å². The van der Waals surface area contributed by atoms with Gasteiger partial charge in [-0.2, -0.15) is 0 Å². The Hall–Kier alpha value is -2.35. The van der Waals surface area contributed by atoms with Gasteiger partial charge in [-0.15, -0.1) is 0 Å². The first-order chi connectivity index (χ1) is 11.8. The Morgan fingerprint density at radius 3 is 2.36 bits per heavy atom. The lowest BCUT2D eigenvalue weighted by Gasteiger charge is -2.08. The predicted octanol–water partition coefficient (Wildman–Crippen LogP) is 4.35. The topological polar surface area (TPSA) is 98.5 Å². The van der Waals surface area contributed by atoms with Gasteiger partial charge in [0.05, 0.1) is 25.6 Å². The van der Waals surface area contributed by atoms with Crippen molar-refractivity contribution in [3.8, 4) is 0 Å². The lowest BCUT2D eigenvalue weighted by atomic mass is 10.2. The van der Waals surface area contributed by atoms with E-state index in [1.54, 1.807) is 0 Å². The Morgan fingerprint density at radius 1 is 1.04 bits per heavy atom. The molecule has 0 aromatic heterocycles. The molecule has 2 aromatic carbocycles. The van der Waals surface area contributed by atoms with Gasteiger partial charge in [0.15, 0.2) is 6.61 Å². The number of anilines is 1. The number of halogens is 3. The highest BCUT2D eigenvalue weighted by Gasteiger charge is 2.18. The first-order valence-corrected chi connectivity index (χ1v) is 7.77. The second kappa shape index (κ2) is 8.15. The fourth-order valence-corrected chi connectivity index (χ4v) is 2.26. The second-order valence-corrected chi connectivity index (χ2v) is 5.90. The maximum absolute atomic E-state index is 11.9. The summed E-state index contributed by atoms with van der Waals surface area (Å²) in [6.07, 6.45) is 0. The third-order valence-corrected chi connectivity index (χ3v) is 3.99. The van der Waals surface area contributed by atoms with Gasteiger partial charge in [0, 0.05) is 17.8 Å². The molecular formula is C15H9Cl3N2O5. The molecule has 0 spiro atoms. The number of carbonyl (C=O) groups excluding carboxylic acids is 2. The fourth-order valence-electron chi connectivity index (χ4n) is 1.76. The van der Waals surface area contributed by atoms with E-state index in [0.29, 0.717) is 10.7 Å². The summed E-state index contributed by atoms with van der Waals surface area (Å²) in [5.74, 6) is -1.59. The molecule has 130 valence electrons. The molecule has 10 heteroatoms. The van der Waals surface area contributed by atoms with Crippen LogP contribution in [-0.4, -0.2) is 23.4 Å². The minimum absolute atomic E-state index is 0.0273. The van der Waals surface area contributed by atoms with E-state index >= 15 is 0 Å². The van der Waals surface area contributed by atoms with Gasteiger partial charge in [0.2, 0.25) is 0 Å². The van der Waals surface area contributed by atoms with Gasteiger partial charge < -0.3 is 10.1 Å². The minimum Gasteiger partial charge on any atom is -0.452 e. The van der Waals surface area contributed by atoms with Crippen molar-refractivity contribution in [1.29, 1.82) is 0 Å². The van der Waals surface area contributed by atoms with Crippen molar-refractivity contribution in [2.75, 3.05) is 11.9 Å². The summed E-state index contributed by atoms with van der Waals surface area (Å²) in [4.78, 5) is 33.8. The number of amides is 1. The van der Waals surface area contributed by atoms with E-state index in [9.17, 15) is 19.7 Å². The van der Waals surface area contributed by atoms with Crippen molar-refractivity contribution in [1.82, 2.24) is 0 Å². The van der Waals surface area contributed by atoms with E-state index in [1.807, 2.05) is 0 Å². The van der Waals surface area contributed by atoms with Crippen molar-refractivity contribution >= 4 is 58.1 Å². The van der Waals surface area contributed by atoms with Gasteiger partial charge in [0.1, 0.15) is 0 Å². The Morgan fingerprint density at radius 2 is 1.72 bits per heavy atom. The molecule has 25 heavy (non-hydrogen) atoms. The summed E-state index contributed by atoms with van der Waals surface area (Å²) < 4.78 is 4.81. The number of nitrogens with zero attached hydrogens (tertiary/aromatic N) is 1. The fraction of sp³-hybridized carbons (Fsp3) is 0.0667. The zero-order chi connectivity index (χ0) is 18.6. The molecule has 7 nitrogen and oxygen atoms in total. The molecule has 0 saturated carbocycles. The van der Waals surface area contributed by atoms with Gasteiger partial charge in [-0.1, -0.05) is 34.8 Å². The molecule has 0 aliphatic rings. The molecular weight excluding hydrogens is 395 g/mol. The maximum atomic E-state index is 11.9. The lowest BCUT2D eigenvalue weighted by molar-refractivity contribution is -0.384. The first kappa shape index (κ1) is 19.0. The van der Waals surface area contributed by atoms with E-state index < -0.39 is 23.4 Å². The van der Waals surface area contributed by atoms with Gasteiger partial charge in [-0.25, -0.2) is 4.79 Å². The molecule has 0 radical (unpaired) electrons. The average Bonchev–Trinajstić information content (AvgIpc) is 2.56. The molecule has 0 aliphatic heterocycles. The normalized spacial score (nSPS) is 10.2. The third kappa shape index (κ3) is 5.06. The van der Waals surface area contributed by atoms with Crippen LogP contribution >= 0.6 is 34.8 Å². The molecule has 0 unspecified atom stereocenters. The van der Waals surface area contributed by atoms with Gasteiger partial charge in [-0.05, 0) is 24.3 Å². The molecule has 0 bridgehead atoms. The van der Waals surface area contributed by atoms with Crippen LogP contribution in [-0.2, 0) is 9.53 Å². The zero-order valence-corrected chi connectivity index (χ0v) is 14.6. The highest BCUT2D eigenvalue weighted by Crippen LogP contribution is 2.25. The van der Waals surface area contributed by atoms with Crippen molar-refractivity contribution < 1.29 is 19.2 Å². The molecule has 0 atom stereocenters. The number of nitrogens with one attached hydrogen (secondary N) is 1. The summed E-state index contributed by atoms with van der Waals surface area (Å²) in [7, 11) is 0. The zero-order valence-electron chi connectivity index (χ0n) is 12.3. The van der Waals surface area contributed by atoms with Crippen LogP contribution in [0.15, 0.2) is 36.4 Å². The number of hydrogen-bond acceptors (Lipinski definition) is 5. The van der Waals surface area contributed by atoms with Crippen LogP contribution in [0.2, 0.25) is 15.1 Å². The smallest absolute Gasteiger partial charge is 0.340 e. The lowest BCUT2D eigenvalue weighted by Crippen LogP contribution is -2.21. The highest BCUT2D eigenvalue weighted by atomic mass is 35.5. The van der Waals surface area contributed by atoms with Crippen LogP contribution < -0.4 is 5.32 Å². The van der Waals surface area contributed by atoms with Crippen LogP contribution in [0.5, 0.6) is 0 Å². The number of nitro groups is 1. The van der Waals surface area contributed by atoms with Gasteiger partial charge in [-0.3, -0.25) is 14.9 Å². The first-order valence-electron chi connectivity index (χ1n) is 6.64. The van der Waals surface area contributed by atoms with Gasteiger partial charge in [0.25, 0.3) is 11.6 Å². The molecule has 1 amide bonds. The van der Waals surface area contributed by atoms with Crippen LogP contribution in [0.3, 0.4) is 0 Å². The summed E-state index contributed by atoms with van der Waals surface area (Å²) in [6.45, 7) is -0.613. The maximum Gasteiger partial charge on any atom is 0.340 e. The van der Waals surface area contributed by atoms with Crippen LogP contribution in [0.25, 0.3) is 0 Å². The summed E-state index contributed by atoms with van der Waals surface area (Å²) in [5, 5.41) is 13.7. The number of hydrogen-bond donors (Lipinski definition) is 1. The monoisotopic (exact) mass is 402 g/mol. The van der Waals surface area contributed by atoms with Crippen molar-refractivity contribution in [2.45, 2.75) is 0 Å². The Labute approximate surface area is 156 Å². The van der Waals surface area contributed by atoms with Gasteiger partial charge >= 0.3 is 5.97 Å². The second-order valence-electron chi connectivity index (χ2n) is 4.67. The summed E-state index contributed by atoms with van der Waals surface area (Å²) in [6, 6.07) is 7.77. The molecule has 2 aromatic rings. The number of nitro benzene ring substituents is 1. The summed E-state index contributed by atoms with van der Waals surface area (Å²) >= 11 is 17.4. The van der Waals surface area contributed by atoms with E-state index in [0.717, 1.165) is 12.1 Å². The molecule has 0 heterocycles. The molecule has 0 fully saturated rings. The molecule has 1 N–H and O–H groups in total. The SMILES string of the molecule is O=C(COC(=O)c1cc([N+](=O)[O-])ccc1Cl)Nc1ccc(Cl)c(Cl)c1. The molecule has 2 rings (SSSR count). The number of ether oxygens (including phenoxy) is 1. The number of benzene rings is 2.